The Morgan fingerprint density at radius 2 is 1.74 bits per heavy atom. The minimum Gasteiger partial charge on any atom is -0.368 e. The van der Waals surface area contributed by atoms with Crippen molar-refractivity contribution in [2.45, 2.75) is 20.3 Å². The van der Waals surface area contributed by atoms with E-state index in [4.69, 9.17) is 0 Å². The van der Waals surface area contributed by atoms with E-state index in [-0.39, 0.29) is 30.1 Å². The first kappa shape index (κ1) is 17.2. The molecular weight excluding hydrogens is 297 g/mol. The van der Waals surface area contributed by atoms with Gasteiger partial charge in [-0.3, -0.25) is 9.59 Å². The zero-order valence-corrected chi connectivity index (χ0v) is 13.7. The number of benzene rings is 1. The minimum absolute atomic E-state index is 0.0548. The molecular formula is C17H24FN3O2. The molecule has 0 atom stereocenters. The van der Waals surface area contributed by atoms with Crippen LogP contribution < -0.4 is 10.2 Å². The van der Waals surface area contributed by atoms with Crippen LogP contribution in [0.5, 0.6) is 0 Å². The van der Waals surface area contributed by atoms with Crippen molar-refractivity contribution in [1.29, 1.82) is 0 Å². The molecule has 5 nitrogen and oxygen atoms in total. The number of piperazine rings is 1. The fourth-order valence-electron chi connectivity index (χ4n) is 2.59. The third-order valence-electron chi connectivity index (χ3n) is 3.85. The molecule has 0 bridgehead atoms. The number of rotatable bonds is 5. The van der Waals surface area contributed by atoms with Gasteiger partial charge < -0.3 is 15.1 Å². The predicted octanol–water partition coefficient (Wildman–Crippen LogP) is 1.64. The van der Waals surface area contributed by atoms with E-state index in [0.29, 0.717) is 32.6 Å². The summed E-state index contributed by atoms with van der Waals surface area (Å²) in [5.74, 6) is -0.108. The fraction of sp³-hybridized carbons (Fsp3) is 0.529. The molecule has 1 aromatic rings. The standard InChI is InChI=1S/C17H24FN3O2/c1-13(2)11-16(22)19-12-17(23)21-9-7-20(8-10-21)15-5-3-14(18)4-6-15/h3-6,13H,7-12H2,1-2H3,(H,19,22). The van der Waals surface area contributed by atoms with E-state index in [1.165, 1.54) is 12.1 Å². The second-order valence-electron chi connectivity index (χ2n) is 6.22. The highest BCUT2D eigenvalue weighted by molar-refractivity contribution is 5.84. The zero-order valence-electron chi connectivity index (χ0n) is 13.7. The number of nitrogens with one attached hydrogen (secondary N) is 1. The number of halogens is 1. The Kier molecular flexibility index (Phi) is 5.96. The van der Waals surface area contributed by atoms with Crippen molar-refractivity contribution in [2.75, 3.05) is 37.6 Å². The molecule has 2 amide bonds. The fourth-order valence-corrected chi connectivity index (χ4v) is 2.59. The molecule has 0 aliphatic carbocycles. The van der Waals surface area contributed by atoms with Crippen LogP contribution in [-0.2, 0) is 9.59 Å². The van der Waals surface area contributed by atoms with E-state index in [9.17, 15) is 14.0 Å². The largest absolute Gasteiger partial charge is 0.368 e. The van der Waals surface area contributed by atoms with Gasteiger partial charge in [0.05, 0.1) is 6.54 Å². The van der Waals surface area contributed by atoms with Crippen LogP contribution in [0.1, 0.15) is 20.3 Å². The number of hydrogen-bond acceptors (Lipinski definition) is 3. The van der Waals surface area contributed by atoms with E-state index in [0.717, 1.165) is 5.69 Å². The van der Waals surface area contributed by atoms with Crippen molar-refractivity contribution in [3.8, 4) is 0 Å². The lowest BCUT2D eigenvalue weighted by Crippen LogP contribution is -2.51. The van der Waals surface area contributed by atoms with Gasteiger partial charge >= 0.3 is 0 Å². The van der Waals surface area contributed by atoms with Crippen molar-refractivity contribution >= 4 is 17.5 Å². The molecule has 1 aliphatic rings. The van der Waals surface area contributed by atoms with Crippen LogP contribution in [-0.4, -0.2) is 49.4 Å². The van der Waals surface area contributed by atoms with Crippen molar-refractivity contribution < 1.29 is 14.0 Å². The van der Waals surface area contributed by atoms with Gasteiger partial charge in [-0.25, -0.2) is 4.39 Å². The molecule has 1 fully saturated rings. The first-order chi connectivity index (χ1) is 11.0. The Balaban J connectivity index is 1.76. The number of carbonyl (C=O) groups excluding carboxylic acids is 2. The summed E-state index contributed by atoms with van der Waals surface area (Å²) in [4.78, 5) is 27.6. The molecule has 126 valence electrons. The molecule has 0 aromatic heterocycles. The topological polar surface area (TPSA) is 52.7 Å². The van der Waals surface area contributed by atoms with Crippen LogP contribution in [0.3, 0.4) is 0 Å². The molecule has 1 aromatic carbocycles. The summed E-state index contributed by atoms with van der Waals surface area (Å²) in [7, 11) is 0. The van der Waals surface area contributed by atoms with Gasteiger partial charge in [-0.15, -0.1) is 0 Å². The average molecular weight is 321 g/mol. The molecule has 1 saturated heterocycles. The highest BCUT2D eigenvalue weighted by atomic mass is 19.1. The van der Waals surface area contributed by atoms with E-state index < -0.39 is 0 Å². The van der Waals surface area contributed by atoms with E-state index >= 15 is 0 Å². The summed E-state index contributed by atoms with van der Waals surface area (Å²) in [6, 6.07) is 6.38. The molecule has 23 heavy (non-hydrogen) atoms. The van der Waals surface area contributed by atoms with Gasteiger partial charge in [-0.1, -0.05) is 13.8 Å². The Morgan fingerprint density at radius 3 is 2.30 bits per heavy atom. The molecule has 0 radical (unpaired) electrons. The maximum atomic E-state index is 12.9. The van der Waals surface area contributed by atoms with Gasteiger partial charge in [-0.05, 0) is 30.2 Å². The van der Waals surface area contributed by atoms with Gasteiger partial charge in [0.15, 0.2) is 0 Å². The SMILES string of the molecule is CC(C)CC(=O)NCC(=O)N1CCN(c2ccc(F)cc2)CC1. The van der Waals surface area contributed by atoms with Crippen LogP contribution in [0.2, 0.25) is 0 Å². The van der Waals surface area contributed by atoms with Crippen LogP contribution >= 0.6 is 0 Å². The Bertz CT molecular complexity index is 537. The highest BCUT2D eigenvalue weighted by Gasteiger charge is 2.21. The monoisotopic (exact) mass is 321 g/mol. The third kappa shape index (κ3) is 5.23. The van der Waals surface area contributed by atoms with Gasteiger partial charge in [0.25, 0.3) is 0 Å². The van der Waals surface area contributed by atoms with Gasteiger partial charge in [0.1, 0.15) is 5.82 Å². The summed E-state index contributed by atoms with van der Waals surface area (Å²) in [6.45, 7) is 6.62. The second kappa shape index (κ2) is 7.94. The highest BCUT2D eigenvalue weighted by Crippen LogP contribution is 2.16. The van der Waals surface area contributed by atoms with Crippen molar-refractivity contribution in [2.24, 2.45) is 5.92 Å². The first-order valence-corrected chi connectivity index (χ1v) is 8.00. The van der Waals surface area contributed by atoms with Crippen LogP contribution in [0, 0.1) is 11.7 Å². The average Bonchev–Trinajstić information content (AvgIpc) is 2.53. The molecule has 1 heterocycles. The van der Waals surface area contributed by atoms with E-state index in [2.05, 4.69) is 10.2 Å². The van der Waals surface area contributed by atoms with Crippen molar-refractivity contribution in [3.63, 3.8) is 0 Å². The quantitative estimate of drug-likeness (QED) is 0.897. The Morgan fingerprint density at radius 1 is 1.13 bits per heavy atom. The van der Waals surface area contributed by atoms with Gasteiger partial charge in [-0.2, -0.15) is 0 Å². The lowest BCUT2D eigenvalue weighted by molar-refractivity contribution is -0.133. The number of amides is 2. The number of nitrogens with zero attached hydrogens (tertiary/aromatic N) is 2. The predicted molar refractivity (Wildman–Crippen MR) is 87.7 cm³/mol. The summed E-state index contributed by atoms with van der Waals surface area (Å²) in [5.41, 5.74) is 0.962. The van der Waals surface area contributed by atoms with Crippen molar-refractivity contribution in [1.82, 2.24) is 10.2 Å². The normalized spacial score (nSPS) is 15.0. The van der Waals surface area contributed by atoms with Crippen molar-refractivity contribution in [3.05, 3.63) is 30.1 Å². The lowest BCUT2D eigenvalue weighted by atomic mass is 10.1. The Labute approximate surface area is 136 Å². The summed E-state index contributed by atoms with van der Waals surface area (Å²) in [5, 5.41) is 2.67. The molecule has 6 heteroatoms. The summed E-state index contributed by atoms with van der Waals surface area (Å²) >= 11 is 0. The zero-order chi connectivity index (χ0) is 16.8. The number of anilines is 1. The van der Waals surface area contributed by atoms with Crippen LogP contribution in [0.15, 0.2) is 24.3 Å². The third-order valence-corrected chi connectivity index (χ3v) is 3.85. The maximum Gasteiger partial charge on any atom is 0.242 e. The second-order valence-corrected chi connectivity index (χ2v) is 6.22. The molecule has 1 aliphatic heterocycles. The molecule has 0 saturated carbocycles. The number of carbonyl (C=O) groups is 2. The molecule has 0 unspecified atom stereocenters. The van der Waals surface area contributed by atoms with E-state index in [1.54, 1.807) is 17.0 Å². The van der Waals surface area contributed by atoms with Crippen LogP contribution in [0.4, 0.5) is 10.1 Å². The molecule has 2 rings (SSSR count). The van der Waals surface area contributed by atoms with E-state index in [1.807, 2.05) is 13.8 Å². The maximum absolute atomic E-state index is 12.9. The molecule has 1 N–H and O–H groups in total. The van der Waals surface area contributed by atoms with Crippen LogP contribution in [0.25, 0.3) is 0 Å². The van der Waals surface area contributed by atoms with Gasteiger partial charge in [0, 0.05) is 38.3 Å². The Hall–Kier alpha value is -2.11. The smallest absolute Gasteiger partial charge is 0.242 e. The van der Waals surface area contributed by atoms with Gasteiger partial charge in [0.2, 0.25) is 11.8 Å². The lowest BCUT2D eigenvalue weighted by Gasteiger charge is -2.36. The molecule has 0 spiro atoms. The first-order valence-electron chi connectivity index (χ1n) is 8.00. The summed E-state index contributed by atoms with van der Waals surface area (Å²) in [6.07, 6.45) is 0.436. The summed E-state index contributed by atoms with van der Waals surface area (Å²) < 4.78 is 12.9. The minimum atomic E-state index is -0.250. The number of hydrogen-bond donors (Lipinski definition) is 1.